The summed E-state index contributed by atoms with van der Waals surface area (Å²) in [7, 11) is 0. The fourth-order valence-electron chi connectivity index (χ4n) is 5.05. The molecule has 1 N–H and O–H groups in total. The van der Waals surface area contributed by atoms with Crippen LogP contribution in [-0.4, -0.2) is 12.6 Å². The van der Waals surface area contributed by atoms with Gasteiger partial charge in [-0.05, 0) is 80.6 Å². The van der Waals surface area contributed by atoms with Gasteiger partial charge in [0, 0.05) is 6.04 Å². The number of fused-ring (bicyclic) bond motifs is 2. The zero-order valence-electron chi connectivity index (χ0n) is 13.3. The van der Waals surface area contributed by atoms with Crippen molar-refractivity contribution in [1.29, 1.82) is 0 Å². The van der Waals surface area contributed by atoms with Crippen molar-refractivity contribution in [3.05, 3.63) is 0 Å². The molecule has 3 atom stereocenters. The van der Waals surface area contributed by atoms with Gasteiger partial charge in [-0.25, -0.2) is 0 Å². The third-order valence-electron chi connectivity index (χ3n) is 6.48. The number of hydrogen-bond donors (Lipinski definition) is 1. The third-order valence-corrected chi connectivity index (χ3v) is 6.48. The quantitative estimate of drug-likeness (QED) is 0.783. The van der Waals surface area contributed by atoms with Gasteiger partial charge in [-0.3, -0.25) is 0 Å². The molecular formula is C18H33N. The van der Waals surface area contributed by atoms with Gasteiger partial charge < -0.3 is 5.32 Å². The largest absolute Gasteiger partial charge is 0.313 e. The number of rotatable bonds is 3. The van der Waals surface area contributed by atoms with Crippen molar-refractivity contribution in [2.24, 2.45) is 29.1 Å². The molecule has 3 rings (SSSR count). The van der Waals surface area contributed by atoms with Crippen molar-refractivity contribution < 1.29 is 0 Å². The maximum absolute atomic E-state index is 3.94. The van der Waals surface area contributed by atoms with Crippen LogP contribution in [0.4, 0.5) is 0 Å². The summed E-state index contributed by atoms with van der Waals surface area (Å²) in [5.41, 5.74) is 0.531. The number of nitrogens with one attached hydrogen (secondary N) is 1. The van der Waals surface area contributed by atoms with E-state index >= 15 is 0 Å². The summed E-state index contributed by atoms with van der Waals surface area (Å²) in [4.78, 5) is 0. The van der Waals surface area contributed by atoms with Crippen LogP contribution in [0.5, 0.6) is 0 Å². The highest BCUT2D eigenvalue weighted by Gasteiger charge is 2.39. The van der Waals surface area contributed by atoms with Gasteiger partial charge >= 0.3 is 0 Å². The Balaban J connectivity index is 1.39. The molecule has 0 aliphatic heterocycles. The molecule has 1 nitrogen and oxygen atoms in total. The minimum absolute atomic E-state index is 0.531. The van der Waals surface area contributed by atoms with Crippen LogP contribution in [0.15, 0.2) is 0 Å². The monoisotopic (exact) mass is 263 g/mol. The molecule has 3 aliphatic rings. The summed E-state index contributed by atoms with van der Waals surface area (Å²) in [6.07, 6.45) is 11.9. The Labute approximate surface area is 119 Å². The Hall–Kier alpha value is -0.0400. The van der Waals surface area contributed by atoms with E-state index in [9.17, 15) is 0 Å². The van der Waals surface area contributed by atoms with Gasteiger partial charge in [0.1, 0.15) is 0 Å². The van der Waals surface area contributed by atoms with E-state index in [1.807, 2.05) is 0 Å². The van der Waals surface area contributed by atoms with E-state index in [0.29, 0.717) is 5.41 Å². The summed E-state index contributed by atoms with van der Waals surface area (Å²) in [6, 6.07) is 0.888. The van der Waals surface area contributed by atoms with Crippen LogP contribution >= 0.6 is 0 Å². The highest BCUT2D eigenvalue weighted by molar-refractivity contribution is 4.94. The van der Waals surface area contributed by atoms with Crippen molar-refractivity contribution in [1.82, 2.24) is 5.32 Å². The first kappa shape index (κ1) is 13.9. The molecule has 3 aliphatic carbocycles. The first-order valence-corrected chi connectivity index (χ1v) is 8.75. The molecule has 0 aromatic carbocycles. The van der Waals surface area contributed by atoms with Crippen LogP contribution in [0, 0.1) is 29.1 Å². The van der Waals surface area contributed by atoms with E-state index in [-0.39, 0.29) is 0 Å². The molecular weight excluding hydrogens is 230 g/mol. The van der Waals surface area contributed by atoms with E-state index in [2.05, 4.69) is 26.1 Å². The molecule has 0 radical (unpaired) electrons. The Morgan fingerprint density at radius 1 is 0.895 bits per heavy atom. The summed E-state index contributed by atoms with van der Waals surface area (Å²) in [5, 5.41) is 3.94. The van der Waals surface area contributed by atoms with Gasteiger partial charge in [0.2, 0.25) is 0 Å². The van der Waals surface area contributed by atoms with E-state index in [1.165, 1.54) is 57.9 Å². The molecule has 110 valence electrons. The van der Waals surface area contributed by atoms with Crippen molar-refractivity contribution >= 4 is 0 Å². The minimum atomic E-state index is 0.531. The second kappa shape index (κ2) is 5.39. The molecule has 0 aromatic heterocycles. The molecule has 19 heavy (non-hydrogen) atoms. The smallest absolute Gasteiger partial charge is 0.00981 e. The predicted octanol–water partition coefficient (Wildman–Crippen LogP) is 4.62. The second-order valence-electron chi connectivity index (χ2n) is 8.77. The lowest BCUT2D eigenvalue weighted by Gasteiger charge is -2.37. The number of hydrogen-bond acceptors (Lipinski definition) is 1. The lowest BCUT2D eigenvalue weighted by Crippen LogP contribution is -2.38. The van der Waals surface area contributed by atoms with E-state index in [0.717, 1.165) is 29.7 Å². The van der Waals surface area contributed by atoms with Gasteiger partial charge in [-0.1, -0.05) is 27.2 Å². The van der Waals surface area contributed by atoms with Crippen LogP contribution in [0.1, 0.15) is 72.1 Å². The Morgan fingerprint density at radius 3 is 2.16 bits per heavy atom. The lowest BCUT2D eigenvalue weighted by molar-refractivity contribution is 0.146. The first-order valence-electron chi connectivity index (χ1n) is 8.75. The Morgan fingerprint density at radius 2 is 1.63 bits per heavy atom. The van der Waals surface area contributed by atoms with Gasteiger partial charge in [-0.15, -0.1) is 0 Å². The van der Waals surface area contributed by atoms with Crippen molar-refractivity contribution in [2.45, 2.75) is 78.2 Å². The second-order valence-corrected chi connectivity index (χ2v) is 8.77. The Kier molecular flexibility index (Phi) is 3.95. The molecule has 0 saturated heterocycles. The molecule has 1 heteroatoms. The molecule has 3 saturated carbocycles. The maximum atomic E-state index is 3.94. The van der Waals surface area contributed by atoms with Gasteiger partial charge in [0.05, 0.1) is 0 Å². The van der Waals surface area contributed by atoms with Crippen LogP contribution in [0.2, 0.25) is 0 Å². The standard InChI is InChI=1S/C18H33N/c1-18(2,3)16-8-5-13(6-9-16)12-19-17-11-14-4-7-15(17)10-14/h13-17,19H,4-12H2,1-3H3. The van der Waals surface area contributed by atoms with Crippen LogP contribution in [-0.2, 0) is 0 Å². The maximum Gasteiger partial charge on any atom is 0.00981 e. The normalized spacial score (nSPS) is 42.8. The van der Waals surface area contributed by atoms with Gasteiger partial charge in [0.25, 0.3) is 0 Å². The zero-order valence-corrected chi connectivity index (χ0v) is 13.3. The average Bonchev–Trinajstić information content (AvgIpc) is 2.98. The summed E-state index contributed by atoms with van der Waals surface area (Å²) >= 11 is 0. The molecule has 0 heterocycles. The topological polar surface area (TPSA) is 12.0 Å². The van der Waals surface area contributed by atoms with Crippen LogP contribution < -0.4 is 5.32 Å². The summed E-state index contributed by atoms with van der Waals surface area (Å²) in [5.74, 6) is 4.05. The first-order chi connectivity index (χ1) is 9.02. The predicted molar refractivity (Wildman–Crippen MR) is 82.1 cm³/mol. The average molecular weight is 263 g/mol. The van der Waals surface area contributed by atoms with E-state index in [4.69, 9.17) is 0 Å². The third kappa shape index (κ3) is 3.17. The molecule has 3 fully saturated rings. The summed E-state index contributed by atoms with van der Waals surface area (Å²) < 4.78 is 0. The molecule has 0 spiro atoms. The highest BCUT2D eigenvalue weighted by Crippen LogP contribution is 2.45. The minimum Gasteiger partial charge on any atom is -0.313 e. The lowest BCUT2D eigenvalue weighted by atomic mass is 9.70. The SMILES string of the molecule is CC(C)(C)C1CCC(CNC2CC3CCC2C3)CC1. The van der Waals surface area contributed by atoms with E-state index < -0.39 is 0 Å². The van der Waals surface area contributed by atoms with Crippen LogP contribution in [0.25, 0.3) is 0 Å². The van der Waals surface area contributed by atoms with Gasteiger partial charge in [0.15, 0.2) is 0 Å². The van der Waals surface area contributed by atoms with Crippen LogP contribution in [0.3, 0.4) is 0 Å². The molecule has 0 amide bonds. The fourth-order valence-corrected chi connectivity index (χ4v) is 5.05. The Bertz CT molecular complexity index is 295. The van der Waals surface area contributed by atoms with Crippen molar-refractivity contribution in [2.75, 3.05) is 6.54 Å². The molecule has 0 aromatic rings. The summed E-state index contributed by atoms with van der Waals surface area (Å²) in [6.45, 7) is 8.58. The zero-order chi connectivity index (χ0) is 13.5. The molecule has 2 bridgehead atoms. The molecule has 3 unspecified atom stereocenters. The highest BCUT2D eigenvalue weighted by atomic mass is 14.9. The van der Waals surface area contributed by atoms with Crippen molar-refractivity contribution in [3.8, 4) is 0 Å². The van der Waals surface area contributed by atoms with E-state index in [1.54, 1.807) is 0 Å². The van der Waals surface area contributed by atoms with Crippen molar-refractivity contribution in [3.63, 3.8) is 0 Å². The van der Waals surface area contributed by atoms with Gasteiger partial charge in [-0.2, -0.15) is 0 Å². The fraction of sp³-hybridized carbons (Fsp3) is 1.00.